The van der Waals surface area contributed by atoms with Gasteiger partial charge in [-0.3, -0.25) is 9.69 Å². The summed E-state index contributed by atoms with van der Waals surface area (Å²) in [7, 11) is 0. The summed E-state index contributed by atoms with van der Waals surface area (Å²) < 4.78 is 30.2. The molecule has 298 valence electrons. The predicted octanol–water partition coefficient (Wildman–Crippen LogP) is 4.44. The van der Waals surface area contributed by atoms with E-state index < -0.39 is 80.4 Å². The van der Waals surface area contributed by atoms with Crippen LogP contribution in [0.25, 0.3) is 0 Å². The van der Waals surface area contributed by atoms with Gasteiger partial charge in [0, 0.05) is 23.6 Å². The molecule has 0 aromatic heterocycles. The van der Waals surface area contributed by atoms with Gasteiger partial charge in [0.25, 0.3) is 0 Å². The minimum Gasteiger partial charge on any atom is -0.424 e. The molecule has 57 heavy (non-hydrogen) atoms. The summed E-state index contributed by atoms with van der Waals surface area (Å²) in [6, 6.07) is 22.0. The van der Waals surface area contributed by atoms with Gasteiger partial charge in [0.2, 0.25) is 26.3 Å². The molecule has 1 N–H and O–H groups in total. The first kappa shape index (κ1) is 41.6. The van der Waals surface area contributed by atoms with Crippen LogP contribution in [-0.4, -0.2) is 108 Å². The maximum absolute atomic E-state index is 13.3. The van der Waals surface area contributed by atoms with Crippen LogP contribution < -0.4 is 0 Å². The summed E-state index contributed by atoms with van der Waals surface area (Å²) in [5.74, 6) is -4.45. The van der Waals surface area contributed by atoms with Crippen molar-refractivity contribution in [2.45, 2.75) is 32.4 Å². The monoisotopic (exact) mass is 803 g/mol. The zero-order chi connectivity index (χ0) is 40.9. The molecule has 2 heterocycles. The molecule has 2 aliphatic heterocycles. The summed E-state index contributed by atoms with van der Waals surface area (Å²) in [4.78, 5) is 94.7. The average molecular weight is 804 g/mol. The number of hydrogen-bond donors (Lipinski definition) is 1. The van der Waals surface area contributed by atoms with E-state index in [1.807, 2.05) is 0 Å². The number of esters is 4. The lowest BCUT2D eigenvalue weighted by Gasteiger charge is -2.44. The van der Waals surface area contributed by atoms with Gasteiger partial charge in [0.1, 0.15) is 12.0 Å². The number of aliphatic imine (C=N–C) groups is 1. The van der Waals surface area contributed by atoms with Crippen LogP contribution in [0.4, 0.5) is 9.59 Å². The number of ether oxygens (including phenoxy) is 6. The topological polar surface area (TPSA) is 214 Å². The van der Waals surface area contributed by atoms with Gasteiger partial charge in [-0.05, 0) is 50.2 Å². The average Bonchev–Trinajstić information content (AvgIpc) is 3.53. The molecule has 0 spiro atoms. The first-order valence-electron chi connectivity index (χ1n) is 17.3. The Morgan fingerprint density at radius 2 is 1.33 bits per heavy atom. The third-order valence-electron chi connectivity index (χ3n) is 8.42. The second-order valence-electron chi connectivity index (χ2n) is 12.3. The van der Waals surface area contributed by atoms with E-state index in [0.717, 1.165) is 28.6 Å². The van der Waals surface area contributed by atoms with E-state index in [1.54, 1.807) is 61.5 Å². The molecule has 1 fully saturated rings. The SMILES string of the molecule is Cc1cccc(C(=O)OCOC(=O)N(C=NC(=O)OCOC(=O)c2ccccc2)CCSC2=C(C(=O)OCOC(=O)c3ccccc3)N3C(=O)C(C(C)O)C3C2)c1. The van der Waals surface area contributed by atoms with Crippen LogP contribution in [0.1, 0.15) is 50.0 Å². The summed E-state index contributed by atoms with van der Waals surface area (Å²) >= 11 is 1.07. The Balaban J connectivity index is 1.23. The third-order valence-corrected chi connectivity index (χ3v) is 9.52. The Hall–Kier alpha value is -6.53. The molecule has 5 rings (SSSR count). The number of carbonyl (C=O) groups is 7. The van der Waals surface area contributed by atoms with Gasteiger partial charge in [-0.1, -0.05) is 54.1 Å². The number of fused-ring (bicyclic) bond motifs is 1. The molecule has 17 nitrogen and oxygen atoms in total. The number of β-lactam (4-membered cyclic amide) rings is 1. The molecule has 3 aromatic rings. The molecule has 0 aliphatic carbocycles. The van der Waals surface area contributed by atoms with E-state index in [2.05, 4.69) is 4.99 Å². The van der Waals surface area contributed by atoms with Crippen LogP contribution in [0.5, 0.6) is 0 Å². The number of benzene rings is 3. The van der Waals surface area contributed by atoms with Gasteiger partial charge in [0.15, 0.2) is 0 Å². The highest BCUT2D eigenvalue weighted by atomic mass is 32.2. The highest BCUT2D eigenvalue weighted by Gasteiger charge is 2.57. The lowest BCUT2D eigenvalue weighted by Crippen LogP contribution is -2.61. The molecule has 0 saturated carbocycles. The fourth-order valence-electron chi connectivity index (χ4n) is 5.69. The molecule has 0 bridgehead atoms. The molecule has 1 saturated heterocycles. The molecule has 18 heteroatoms. The Morgan fingerprint density at radius 1 is 0.789 bits per heavy atom. The van der Waals surface area contributed by atoms with Gasteiger partial charge in [-0.25, -0.2) is 28.8 Å². The second-order valence-corrected chi connectivity index (χ2v) is 13.5. The number of aliphatic hydroxyl groups is 1. The minimum atomic E-state index is -1.23. The van der Waals surface area contributed by atoms with E-state index >= 15 is 0 Å². The van der Waals surface area contributed by atoms with Crippen molar-refractivity contribution in [1.29, 1.82) is 0 Å². The van der Waals surface area contributed by atoms with Crippen LogP contribution in [0.15, 0.2) is 101 Å². The van der Waals surface area contributed by atoms with Gasteiger partial charge in [-0.2, -0.15) is 4.99 Å². The maximum Gasteiger partial charge on any atom is 0.437 e. The number of thioether (sulfide) groups is 1. The van der Waals surface area contributed by atoms with Crippen LogP contribution in [0, 0.1) is 12.8 Å². The molecule has 0 radical (unpaired) electrons. The summed E-state index contributed by atoms with van der Waals surface area (Å²) in [5.41, 5.74) is 1.38. The molecular formula is C39H37N3O14S. The Morgan fingerprint density at radius 3 is 1.93 bits per heavy atom. The lowest BCUT2D eigenvalue weighted by atomic mass is 9.83. The number of nitrogens with zero attached hydrogens (tertiary/aromatic N) is 3. The van der Waals surface area contributed by atoms with E-state index in [0.29, 0.717) is 4.91 Å². The van der Waals surface area contributed by atoms with Crippen molar-refractivity contribution >= 4 is 60.1 Å². The van der Waals surface area contributed by atoms with Crippen molar-refractivity contribution in [3.63, 3.8) is 0 Å². The smallest absolute Gasteiger partial charge is 0.424 e. The minimum absolute atomic E-state index is 0.0249. The highest BCUT2D eigenvalue weighted by Crippen LogP contribution is 2.47. The van der Waals surface area contributed by atoms with Gasteiger partial charge in [-0.15, -0.1) is 11.8 Å². The van der Waals surface area contributed by atoms with E-state index in [9.17, 15) is 38.7 Å². The van der Waals surface area contributed by atoms with Crippen molar-refractivity contribution < 1.29 is 67.1 Å². The third kappa shape index (κ3) is 11.0. The quantitative estimate of drug-likeness (QED) is 0.0529. The van der Waals surface area contributed by atoms with Crippen molar-refractivity contribution in [3.05, 3.63) is 118 Å². The standard InChI is InChI=1S/C39H37N3O14S/c1-24-10-9-15-28(18-24)36(47)53-23-56-39(50)41(20-40-38(49)55-22-52-35(46)27-13-7-4-8-14-27)16-17-57-30-19-29-31(25(2)43)33(44)42(29)32(30)37(48)54-21-51-34(45)26-11-5-3-6-12-26/h3-15,18,20,25,29,31,43H,16-17,19,21-23H2,1-2H3. The first-order chi connectivity index (χ1) is 27.4. The Bertz CT molecular complexity index is 2040. The molecule has 3 amide bonds. The van der Waals surface area contributed by atoms with Crippen molar-refractivity contribution in [2.24, 2.45) is 10.9 Å². The molecule has 2 aliphatic rings. The summed E-state index contributed by atoms with van der Waals surface area (Å²) in [6.45, 7) is 0.721. The zero-order valence-electron chi connectivity index (χ0n) is 30.6. The number of hydrogen-bond acceptors (Lipinski definition) is 15. The van der Waals surface area contributed by atoms with Crippen molar-refractivity contribution in [3.8, 4) is 0 Å². The molecular weight excluding hydrogens is 767 g/mol. The van der Waals surface area contributed by atoms with Crippen molar-refractivity contribution in [1.82, 2.24) is 9.80 Å². The maximum atomic E-state index is 13.3. The number of aryl methyl sites for hydroxylation is 1. The van der Waals surface area contributed by atoms with E-state index in [4.69, 9.17) is 28.4 Å². The number of carbonyl (C=O) groups excluding carboxylic acids is 7. The Kier molecular flexibility index (Phi) is 14.5. The van der Waals surface area contributed by atoms with Crippen molar-refractivity contribution in [2.75, 3.05) is 32.7 Å². The number of aliphatic hydroxyl groups excluding tert-OH is 1. The summed E-state index contributed by atoms with van der Waals surface area (Å²) in [6.07, 6.45) is -2.35. The first-order valence-corrected chi connectivity index (χ1v) is 18.3. The van der Waals surface area contributed by atoms with Crippen LogP contribution in [0.3, 0.4) is 0 Å². The normalized spacial score (nSPS) is 16.2. The van der Waals surface area contributed by atoms with E-state index in [-0.39, 0.29) is 41.1 Å². The molecule has 3 atom stereocenters. The predicted molar refractivity (Wildman–Crippen MR) is 199 cm³/mol. The van der Waals surface area contributed by atoms with Crippen LogP contribution in [0.2, 0.25) is 0 Å². The van der Waals surface area contributed by atoms with E-state index in [1.165, 1.54) is 42.2 Å². The fraction of sp³-hybridized carbons (Fsp3) is 0.282. The molecule has 3 unspecified atom stereocenters. The zero-order valence-corrected chi connectivity index (χ0v) is 31.5. The number of rotatable bonds is 16. The largest absolute Gasteiger partial charge is 0.437 e. The highest BCUT2D eigenvalue weighted by molar-refractivity contribution is 8.03. The molecule has 3 aromatic carbocycles. The van der Waals surface area contributed by atoms with Gasteiger partial charge < -0.3 is 38.4 Å². The van der Waals surface area contributed by atoms with Crippen LogP contribution in [-0.2, 0) is 38.0 Å². The second kappa shape index (κ2) is 19.9. The summed E-state index contributed by atoms with van der Waals surface area (Å²) in [5, 5.41) is 10.2. The number of amides is 3. The van der Waals surface area contributed by atoms with Gasteiger partial charge in [0.05, 0.1) is 34.8 Å². The van der Waals surface area contributed by atoms with Gasteiger partial charge >= 0.3 is 36.1 Å². The fourth-order valence-corrected chi connectivity index (χ4v) is 6.83. The Labute approximate surface area is 330 Å². The van der Waals surface area contributed by atoms with Crippen LogP contribution >= 0.6 is 11.8 Å². The lowest BCUT2D eigenvalue weighted by molar-refractivity contribution is -0.164.